The largest absolute Gasteiger partial charge is 0.366 e. The molecule has 122 valence electrons. The Bertz CT molecular complexity index is 729. The molecule has 0 aromatic heterocycles. The molecule has 0 aliphatic rings. The van der Waals surface area contributed by atoms with Crippen LogP contribution < -0.4 is 0 Å². The first-order valence-electron chi connectivity index (χ1n) is 7.38. The van der Waals surface area contributed by atoms with E-state index in [2.05, 4.69) is 4.99 Å². The molecule has 2 rings (SSSR count). The molecule has 0 atom stereocenters. The summed E-state index contributed by atoms with van der Waals surface area (Å²) in [5.74, 6) is -1.70. The van der Waals surface area contributed by atoms with Crippen molar-refractivity contribution < 1.29 is 8.78 Å². The van der Waals surface area contributed by atoms with Gasteiger partial charge in [0.2, 0.25) is 0 Å². The molecule has 0 spiro atoms. The Morgan fingerprint density at radius 2 is 1.91 bits per heavy atom. The van der Waals surface area contributed by atoms with Crippen LogP contribution in [0.5, 0.6) is 0 Å². The molecule has 0 N–H and O–H groups in total. The van der Waals surface area contributed by atoms with E-state index >= 15 is 0 Å². The Morgan fingerprint density at radius 3 is 2.57 bits per heavy atom. The van der Waals surface area contributed by atoms with E-state index in [1.165, 1.54) is 6.07 Å². The lowest BCUT2D eigenvalue weighted by Gasteiger charge is -2.11. The number of aryl methyl sites for hydroxylation is 1. The normalized spacial score (nSPS) is 11.2. The quantitative estimate of drug-likeness (QED) is 0.546. The Kier molecular flexibility index (Phi) is 5.72. The lowest BCUT2D eigenvalue weighted by atomic mass is 10.0. The number of benzene rings is 2. The minimum Gasteiger partial charge on any atom is -0.366 e. The van der Waals surface area contributed by atoms with Crippen molar-refractivity contribution in [2.45, 2.75) is 20.3 Å². The van der Waals surface area contributed by atoms with Crippen LogP contribution in [0, 0.1) is 18.6 Å². The van der Waals surface area contributed by atoms with Gasteiger partial charge in [-0.25, -0.2) is 13.8 Å². The highest BCUT2D eigenvalue weighted by Gasteiger charge is 2.09. The molecule has 0 fully saturated rings. The molecule has 5 heteroatoms. The third kappa shape index (κ3) is 4.52. The van der Waals surface area contributed by atoms with Crippen molar-refractivity contribution in [3.05, 3.63) is 63.7 Å². The molecule has 0 radical (unpaired) electrons. The fraction of sp³-hybridized carbons (Fsp3) is 0.278. The second kappa shape index (κ2) is 7.55. The molecule has 2 nitrogen and oxygen atoms in total. The van der Waals surface area contributed by atoms with Crippen molar-refractivity contribution >= 4 is 23.6 Å². The first-order chi connectivity index (χ1) is 10.9. The van der Waals surface area contributed by atoms with E-state index in [9.17, 15) is 8.78 Å². The molecular weight excluding hydrogens is 318 g/mol. The van der Waals surface area contributed by atoms with Crippen LogP contribution in [-0.4, -0.2) is 24.8 Å². The van der Waals surface area contributed by atoms with Gasteiger partial charge in [-0.05, 0) is 61.2 Å². The zero-order chi connectivity index (χ0) is 17.0. The smallest absolute Gasteiger partial charge is 0.159 e. The monoisotopic (exact) mass is 336 g/mol. The van der Waals surface area contributed by atoms with Crippen molar-refractivity contribution in [1.82, 2.24) is 4.90 Å². The average Bonchev–Trinajstić information content (AvgIpc) is 2.53. The zero-order valence-corrected chi connectivity index (χ0v) is 14.2. The predicted octanol–water partition coefficient (Wildman–Crippen LogP) is 5.13. The first-order valence-corrected chi connectivity index (χ1v) is 7.76. The summed E-state index contributed by atoms with van der Waals surface area (Å²) < 4.78 is 26.4. The number of aliphatic imine (C=N–C) groups is 1. The second-order valence-electron chi connectivity index (χ2n) is 5.48. The van der Waals surface area contributed by atoms with Crippen LogP contribution in [-0.2, 0) is 6.42 Å². The van der Waals surface area contributed by atoms with Gasteiger partial charge in [-0.1, -0.05) is 17.7 Å². The third-order valence-corrected chi connectivity index (χ3v) is 4.14. The van der Waals surface area contributed by atoms with Crippen LogP contribution in [0.1, 0.15) is 23.6 Å². The van der Waals surface area contributed by atoms with Gasteiger partial charge in [0.1, 0.15) is 0 Å². The minimum absolute atomic E-state index is 0.420. The van der Waals surface area contributed by atoms with Crippen LogP contribution in [0.25, 0.3) is 0 Å². The van der Waals surface area contributed by atoms with Crippen molar-refractivity contribution in [1.29, 1.82) is 0 Å². The first kappa shape index (κ1) is 17.4. The van der Waals surface area contributed by atoms with Crippen LogP contribution in [0.2, 0.25) is 5.02 Å². The summed E-state index contributed by atoms with van der Waals surface area (Å²) in [7, 11) is 1.94. The van der Waals surface area contributed by atoms with Gasteiger partial charge in [-0.3, -0.25) is 0 Å². The maximum atomic E-state index is 13.4. The molecule has 0 saturated heterocycles. The molecule has 0 unspecified atom stereocenters. The SMILES string of the molecule is CCN(C)C=Nc1cc(C)c(Cl)c(Cc2ccc(F)c(F)c2)c1. The number of hydrogen-bond acceptors (Lipinski definition) is 1. The molecule has 23 heavy (non-hydrogen) atoms. The van der Waals surface area contributed by atoms with Crippen molar-refractivity contribution in [3.8, 4) is 0 Å². The molecule has 0 aliphatic heterocycles. The maximum Gasteiger partial charge on any atom is 0.159 e. The van der Waals surface area contributed by atoms with Crippen LogP contribution >= 0.6 is 11.6 Å². The lowest BCUT2D eigenvalue weighted by Crippen LogP contribution is -2.14. The molecule has 2 aromatic rings. The fourth-order valence-corrected chi connectivity index (χ4v) is 2.32. The standard InChI is InChI=1S/C18H19ClF2N2/c1-4-23(3)11-22-15-7-12(2)18(19)14(10-15)8-13-5-6-16(20)17(21)9-13/h5-7,9-11H,4,8H2,1-3H3. The molecule has 0 saturated carbocycles. The summed E-state index contributed by atoms with van der Waals surface area (Å²) in [6, 6.07) is 7.66. The summed E-state index contributed by atoms with van der Waals surface area (Å²) >= 11 is 6.35. The van der Waals surface area contributed by atoms with E-state index in [0.717, 1.165) is 29.4 Å². The highest BCUT2D eigenvalue weighted by Crippen LogP contribution is 2.29. The van der Waals surface area contributed by atoms with Crippen LogP contribution in [0.3, 0.4) is 0 Å². The Balaban J connectivity index is 2.31. The van der Waals surface area contributed by atoms with Gasteiger partial charge in [0.25, 0.3) is 0 Å². The van der Waals surface area contributed by atoms with Gasteiger partial charge in [0, 0.05) is 18.6 Å². The highest BCUT2D eigenvalue weighted by molar-refractivity contribution is 6.32. The minimum atomic E-state index is -0.853. The van der Waals surface area contributed by atoms with E-state index < -0.39 is 11.6 Å². The molecule has 0 bridgehead atoms. The summed E-state index contributed by atoms with van der Waals surface area (Å²) in [5, 5.41) is 0.623. The van der Waals surface area contributed by atoms with Crippen molar-refractivity contribution in [2.75, 3.05) is 13.6 Å². The van der Waals surface area contributed by atoms with E-state index in [0.29, 0.717) is 17.0 Å². The van der Waals surface area contributed by atoms with Crippen LogP contribution in [0.15, 0.2) is 35.3 Å². The fourth-order valence-electron chi connectivity index (χ4n) is 2.14. The molecule has 0 aliphatic carbocycles. The van der Waals surface area contributed by atoms with E-state index in [1.54, 1.807) is 12.4 Å². The summed E-state index contributed by atoms with van der Waals surface area (Å²) in [6.07, 6.45) is 2.17. The summed E-state index contributed by atoms with van der Waals surface area (Å²) in [5.41, 5.74) is 3.18. The summed E-state index contributed by atoms with van der Waals surface area (Å²) in [4.78, 5) is 6.38. The van der Waals surface area contributed by atoms with Crippen molar-refractivity contribution in [2.24, 2.45) is 4.99 Å². The van der Waals surface area contributed by atoms with Gasteiger partial charge in [0.05, 0.1) is 12.0 Å². The number of rotatable bonds is 5. The van der Waals surface area contributed by atoms with Crippen molar-refractivity contribution in [3.63, 3.8) is 0 Å². The Labute approximate surface area is 140 Å². The van der Waals surface area contributed by atoms with E-state index in [1.807, 2.05) is 37.9 Å². The Hall–Kier alpha value is -1.94. The zero-order valence-electron chi connectivity index (χ0n) is 13.4. The molecule has 0 heterocycles. The topological polar surface area (TPSA) is 15.6 Å². The average molecular weight is 337 g/mol. The number of nitrogens with zero attached hydrogens (tertiary/aromatic N) is 2. The van der Waals surface area contributed by atoms with Gasteiger partial charge >= 0.3 is 0 Å². The van der Waals surface area contributed by atoms with Gasteiger partial charge in [0.15, 0.2) is 11.6 Å². The third-order valence-electron chi connectivity index (χ3n) is 3.60. The Morgan fingerprint density at radius 1 is 1.17 bits per heavy atom. The van der Waals surface area contributed by atoms with Crippen LogP contribution in [0.4, 0.5) is 14.5 Å². The number of halogens is 3. The highest BCUT2D eigenvalue weighted by atomic mass is 35.5. The van der Waals surface area contributed by atoms with E-state index in [-0.39, 0.29) is 0 Å². The van der Waals surface area contributed by atoms with Gasteiger partial charge in [-0.15, -0.1) is 0 Å². The molecule has 0 amide bonds. The molecule has 2 aromatic carbocycles. The van der Waals surface area contributed by atoms with Gasteiger partial charge < -0.3 is 4.90 Å². The van der Waals surface area contributed by atoms with E-state index in [4.69, 9.17) is 11.6 Å². The number of hydrogen-bond donors (Lipinski definition) is 0. The second-order valence-corrected chi connectivity index (χ2v) is 5.86. The molecular formula is C18H19ClF2N2. The predicted molar refractivity (Wildman–Crippen MR) is 91.8 cm³/mol. The van der Waals surface area contributed by atoms with Gasteiger partial charge in [-0.2, -0.15) is 0 Å². The summed E-state index contributed by atoms with van der Waals surface area (Å²) in [6.45, 7) is 4.80. The maximum absolute atomic E-state index is 13.4. The lowest BCUT2D eigenvalue weighted by molar-refractivity contribution is 0.507.